The van der Waals surface area contributed by atoms with Crippen LogP contribution in [0.1, 0.15) is 49.9 Å². The summed E-state index contributed by atoms with van der Waals surface area (Å²) in [5, 5.41) is 0. The first-order valence-corrected chi connectivity index (χ1v) is 8.19. The van der Waals surface area contributed by atoms with Crippen molar-refractivity contribution in [1.82, 2.24) is 4.90 Å². The summed E-state index contributed by atoms with van der Waals surface area (Å²) in [6.07, 6.45) is 3.25. The molecule has 0 atom stereocenters. The number of Topliss-reactive ketones (excluding diaryl/α,β-unsaturated/α-hetero) is 2. The molecule has 1 aromatic rings. The molecule has 3 nitrogen and oxygen atoms in total. The molecule has 1 aliphatic carbocycles. The van der Waals surface area contributed by atoms with Gasteiger partial charge in [-0.25, -0.2) is 4.39 Å². The van der Waals surface area contributed by atoms with Gasteiger partial charge in [0.2, 0.25) is 0 Å². The molecule has 4 heteroatoms. The predicted molar refractivity (Wildman–Crippen MR) is 86.6 cm³/mol. The standard InChI is InChI=1S/C19H22FNO2/c1-19(2)11-15(21-8-3-4-9-21)17(16(22)12-19)18(23)13-6-5-7-14(20)10-13/h5-7,10H,3-4,8-9,11-12H2,1-2H3. The molecule has 0 aromatic heterocycles. The molecule has 0 unspecified atom stereocenters. The Morgan fingerprint density at radius 2 is 1.87 bits per heavy atom. The summed E-state index contributed by atoms with van der Waals surface area (Å²) in [5.41, 5.74) is 1.25. The van der Waals surface area contributed by atoms with Crippen LogP contribution >= 0.6 is 0 Å². The smallest absolute Gasteiger partial charge is 0.198 e. The van der Waals surface area contributed by atoms with Gasteiger partial charge in [0.1, 0.15) is 5.82 Å². The maximum atomic E-state index is 13.4. The van der Waals surface area contributed by atoms with E-state index in [9.17, 15) is 14.0 Å². The molecule has 0 N–H and O–H groups in total. The highest BCUT2D eigenvalue weighted by Gasteiger charge is 2.38. The molecule has 0 saturated carbocycles. The number of hydrogen-bond acceptors (Lipinski definition) is 3. The van der Waals surface area contributed by atoms with Gasteiger partial charge in [0, 0.05) is 30.8 Å². The Kier molecular flexibility index (Phi) is 4.09. The molecule has 1 aromatic carbocycles. The van der Waals surface area contributed by atoms with Crippen molar-refractivity contribution in [3.8, 4) is 0 Å². The fourth-order valence-electron chi connectivity index (χ4n) is 3.58. The number of rotatable bonds is 3. The quantitative estimate of drug-likeness (QED) is 0.630. The molecule has 0 bridgehead atoms. The van der Waals surface area contributed by atoms with Gasteiger partial charge in [-0.05, 0) is 36.8 Å². The van der Waals surface area contributed by atoms with Crippen LogP contribution in [0.5, 0.6) is 0 Å². The topological polar surface area (TPSA) is 37.4 Å². The molecular weight excluding hydrogens is 293 g/mol. The lowest BCUT2D eigenvalue weighted by Gasteiger charge is -2.36. The minimum absolute atomic E-state index is 0.114. The summed E-state index contributed by atoms with van der Waals surface area (Å²) >= 11 is 0. The van der Waals surface area contributed by atoms with Crippen LogP contribution in [0, 0.1) is 11.2 Å². The van der Waals surface area contributed by atoms with Crippen molar-refractivity contribution in [3.05, 3.63) is 46.9 Å². The van der Waals surface area contributed by atoms with E-state index >= 15 is 0 Å². The van der Waals surface area contributed by atoms with Gasteiger partial charge < -0.3 is 4.90 Å². The Morgan fingerprint density at radius 3 is 2.52 bits per heavy atom. The van der Waals surface area contributed by atoms with Crippen molar-refractivity contribution in [3.63, 3.8) is 0 Å². The molecule has 0 amide bonds. The summed E-state index contributed by atoms with van der Waals surface area (Å²) in [5.74, 6) is -0.910. The molecule has 1 saturated heterocycles. The first-order chi connectivity index (χ1) is 10.9. The van der Waals surface area contributed by atoms with Crippen LogP contribution in [0.25, 0.3) is 0 Å². The number of halogens is 1. The number of carbonyl (C=O) groups excluding carboxylic acids is 2. The van der Waals surface area contributed by atoms with E-state index in [2.05, 4.69) is 18.7 Å². The number of nitrogens with zero attached hydrogens (tertiary/aromatic N) is 1. The zero-order valence-corrected chi connectivity index (χ0v) is 13.7. The van der Waals surface area contributed by atoms with Crippen molar-refractivity contribution >= 4 is 11.6 Å². The highest BCUT2D eigenvalue weighted by molar-refractivity contribution is 6.27. The van der Waals surface area contributed by atoms with Crippen molar-refractivity contribution in [2.45, 2.75) is 39.5 Å². The number of benzene rings is 1. The minimum atomic E-state index is -0.456. The number of carbonyl (C=O) groups is 2. The van der Waals surface area contributed by atoms with E-state index in [0.29, 0.717) is 6.42 Å². The lowest BCUT2D eigenvalue weighted by atomic mass is 9.74. The summed E-state index contributed by atoms with van der Waals surface area (Å²) < 4.78 is 13.4. The maximum Gasteiger partial charge on any atom is 0.198 e. The minimum Gasteiger partial charge on any atom is -0.374 e. The Labute approximate surface area is 136 Å². The van der Waals surface area contributed by atoms with Crippen LogP contribution in [-0.4, -0.2) is 29.6 Å². The number of likely N-dealkylation sites (tertiary alicyclic amines) is 1. The van der Waals surface area contributed by atoms with Crippen molar-refractivity contribution < 1.29 is 14.0 Å². The second kappa shape index (κ2) is 5.91. The van der Waals surface area contributed by atoms with Gasteiger partial charge in [0.15, 0.2) is 11.6 Å². The fraction of sp³-hybridized carbons (Fsp3) is 0.474. The number of ketones is 2. The van der Waals surface area contributed by atoms with Crippen LogP contribution in [0.4, 0.5) is 4.39 Å². The first kappa shape index (κ1) is 15.9. The molecule has 1 aliphatic heterocycles. The van der Waals surface area contributed by atoms with Gasteiger partial charge in [0.25, 0.3) is 0 Å². The van der Waals surface area contributed by atoms with E-state index in [1.807, 2.05) is 0 Å². The lowest BCUT2D eigenvalue weighted by Crippen LogP contribution is -2.35. The zero-order chi connectivity index (χ0) is 16.6. The van der Waals surface area contributed by atoms with Crippen molar-refractivity contribution in [2.24, 2.45) is 5.41 Å². The average molecular weight is 315 g/mol. The van der Waals surface area contributed by atoms with E-state index in [-0.39, 0.29) is 28.1 Å². The Balaban J connectivity index is 2.06. The fourth-order valence-corrected chi connectivity index (χ4v) is 3.58. The van der Waals surface area contributed by atoms with Crippen LogP contribution < -0.4 is 0 Å². The monoisotopic (exact) mass is 315 g/mol. The Hall–Kier alpha value is -1.97. The van der Waals surface area contributed by atoms with Crippen molar-refractivity contribution in [2.75, 3.05) is 13.1 Å². The SMILES string of the molecule is CC1(C)CC(=O)C(C(=O)c2cccc(F)c2)=C(N2CCCC2)C1. The van der Waals surface area contributed by atoms with E-state index in [1.165, 1.54) is 18.2 Å². The number of allylic oxidation sites excluding steroid dienone is 2. The third-order valence-electron chi connectivity index (χ3n) is 4.65. The molecule has 1 fully saturated rings. The molecule has 23 heavy (non-hydrogen) atoms. The largest absolute Gasteiger partial charge is 0.374 e. The summed E-state index contributed by atoms with van der Waals surface area (Å²) in [6, 6.07) is 5.60. The third kappa shape index (κ3) is 3.21. The van der Waals surface area contributed by atoms with Crippen LogP contribution in [0.3, 0.4) is 0 Å². The van der Waals surface area contributed by atoms with E-state index < -0.39 is 5.82 Å². The number of hydrogen-bond donors (Lipinski definition) is 0. The van der Waals surface area contributed by atoms with E-state index in [0.717, 1.165) is 38.0 Å². The highest BCUT2D eigenvalue weighted by atomic mass is 19.1. The van der Waals surface area contributed by atoms with Crippen molar-refractivity contribution in [1.29, 1.82) is 0 Å². The molecule has 1 heterocycles. The molecule has 0 radical (unpaired) electrons. The zero-order valence-electron chi connectivity index (χ0n) is 13.7. The van der Waals surface area contributed by atoms with Crippen LogP contribution in [-0.2, 0) is 4.79 Å². The average Bonchev–Trinajstić information content (AvgIpc) is 2.99. The molecule has 3 rings (SSSR count). The van der Waals surface area contributed by atoms with Gasteiger partial charge in [0.05, 0.1) is 5.57 Å². The van der Waals surface area contributed by atoms with Gasteiger partial charge >= 0.3 is 0 Å². The third-order valence-corrected chi connectivity index (χ3v) is 4.65. The lowest BCUT2D eigenvalue weighted by molar-refractivity contribution is -0.118. The van der Waals surface area contributed by atoms with E-state index in [1.54, 1.807) is 6.07 Å². The van der Waals surface area contributed by atoms with Gasteiger partial charge in [-0.2, -0.15) is 0 Å². The normalized spacial score (nSPS) is 21.0. The van der Waals surface area contributed by atoms with Gasteiger partial charge in [-0.3, -0.25) is 9.59 Å². The predicted octanol–water partition coefficient (Wildman–Crippen LogP) is 3.75. The van der Waals surface area contributed by atoms with Gasteiger partial charge in [-0.15, -0.1) is 0 Å². The second-order valence-corrected chi connectivity index (χ2v) is 7.30. The summed E-state index contributed by atoms with van der Waals surface area (Å²) in [4.78, 5) is 27.7. The molecule has 2 aliphatic rings. The molecular formula is C19H22FNO2. The Bertz CT molecular complexity index is 684. The second-order valence-electron chi connectivity index (χ2n) is 7.30. The van der Waals surface area contributed by atoms with E-state index in [4.69, 9.17) is 0 Å². The van der Waals surface area contributed by atoms with Gasteiger partial charge in [-0.1, -0.05) is 26.0 Å². The first-order valence-electron chi connectivity index (χ1n) is 8.19. The molecule has 0 spiro atoms. The Morgan fingerprint density at radius 1 is 1.17 bits per heavy atom. The maximum absolute atomic E-state index is 13.4. The summed E-state index contributed by atoms with van der Waals surface area (Å²) in [7, 11) is 0. The van der Waals surface area contributed by atoms with Crippen LogP contribution in [0.15, 0.2) is 35.5 Å². The molecule has 122 valence electrons. The van der Waals surface area contributed by atoms with Crippen LogP contribution in [0.2, 0.25) is 0 Å². The highest BCUT2D eigenvalue weighted by Crippen LogP contribution is 2.40. The summed E-state index contributed by atoms with van der Waals surface area (Å²) in [6.45, 7) is 5.89.